The fourth-order valence-electron chi connectivity index (χ4n) is 0.705. The van der Waals surface area contributed by atoms with Crippen molar-refractivity contribution in [2.24, 2.45) is 0 Å². The van der Waals surface area contributed by atoms with E-state index in [9.17, 15) is 9.46 Å². The maximum atomic E-state index is 9.22. The molecule has 14 heavy (non-hydrogen) atoms. The van der Waals surface area contributed by atoms with Gasteiger partial charge < -0.3 is 14.4 Å². The van der Waals surface area contributed by atoms with Crippen molar-refractivity contribution < 1.29 is 18.9 Å². The molecule has 0 bridgehead atoms. The fourth-order valence-corrected chi connectivity index (χ4v) is 0.705. The Morgan fingerprint density at radius 1 is 1.50 bits per heavy atom. The van der Waals surface area contributed by atoms with E-state index < -0.39 is 7.60 Å². The lowest BCUT2D eigenvalue weighted by Gasteiger charge is -2.04. The van der Waals surface area contributed by atoms with E-state index in [0.717, 1.165) is 13.2 Å². The zero-order chi connectivity index (χ0) is 11.0. The van der Waals surface area contributed by atoms with Crippen molar-refractivity contribution in [3.8, 4) is 0 Å². The number of rotatable bonds is 2. The second-order valence-corrected chi connectivity index (χ2v) is 4.27. The van der Waals surface area contributed by atoms with Crippen LogP contribution in [-0.2, 0) is 11.1 Å². The van der Waals surface area contributed by atoms with E-state index >= 15 is 0 Å². The van der Waals surface area contributed by atoms with Gasteiger partial charge in [-0.05, 0) is 6.08 Å². The molecule has 0 fully saturated rings. The monoisotopic (exact) mass is 215 g/mol. The Morgan fingerprint density at radius 2 is 1.93 bits per heavy atom. The molecule has 1 heterocycles. The van der Waals surface area contributed by atoms with Crippen LogP contribution in [0.4, 0.5) is 0 Å². The van der Waals surface area contributed by atoms with E-state index in [2.05, 4.69) is 11.1 Å². The predicted octanol–water partition coefficient (Wildman–Crippen LogP) is 0.322. The van der Waals surface area contributed by atoms with Gasteiger partial charge in [0.2, 0.25) is 0 Å². The van der Waals surface area contributed by atoms with Crippen LogP contribution in [0.5, 0.6) is 0 Å². The lowest BCUT2D eigenvalue weighted by atomic mass is 10.5. The lowest BCUT2D eigenvalue weighted by molar-refractivity contribution is -0.687. The van der Waals surface area contributed by atoms with Gasteiger partial charge in [0.15, 0.2) is 18.9 Å². The highest BCUT2D eigenvalue weighted by atomic mass is 31.2. The average molecular weight is 215 g/mol. The van der Waals surface area contributed by atoms with E-state index in [0.29, 0.717) is 0 Å². The van der Waals surface area contributed by atoms with Crippen LogP contribution in [0, 0.1) is 0 Å². The summed E-state index contributed by atoms with van der Waals surface area (Å²) in [6.07, 6.45) is 5.91. The van der Waals surface area contributed by atoms with Gasteiger partial charge in [0.25, 0.3) is 0 Å². The summed E-state index contributed by atoms with van der Waals surface area (Å²) >= 11 is 0. The Kier molecular flexibility index (Phi) is 6.04. The summed E-state index contributed by atoms with van der Waals surface area (Å²) in [6, 6.07) is 6.01. The number of aromatic nitrogens is 1. The van der Waals surface area contributed by atoms with E-state index in [1.807, 2.05) is 36.7 Å². The normalized spacial score (nSPS) is 13.4. The zero-order valence-corrected chi connectivity index (χ0v) is 8.93. The van der Waals surface area contributed by atoms with Crippen LogP contribution >= 0.6 is 7.60 Å². The van der Waals surface area contributed by atoms with E-state index in [1.54, 1.807) is 0 Å². The molecule has 1 atom stereocenters. The van der Waals surface area contributed by atoms with Gasteiger partial charge in [-0.15, -0.1) is 0 Å². The summed E-state index contributed by atoms with van der Waals surface area (Å²) in [7, 11) is -3.89. The molecule has 0 aliphatic carbocycles. The summed E-state index contributed by atoms with van der Waals surface area (Å²) in [5.74, 6) is 0. The third-order valence-electron chi connectivity index (χ3n) is 1.12. The molecule has 1 aromatic heterocycles. The largest absolute Gasteiger partial charge is 0.779 e. The number of allylic oxidation sites excluding steroid dienone is 1. The molecular weight excluding hydrogens is 201 g/mol. The van der Waals surface area contributed by atoms with Crippen LogP contribution < -0.4 is 9.46 Å². The molecule has 0 amide bonds. The van der Waals surface area contributed by atoms with Crippen LogP contribution in [0.2, 0.25) is 0 Å². The number of hydrogen-bond donors (Lipinski definition) is 1. The van der Waals surface area contributed by atoms with Crippen molar-refractivity contribution in [1.29, 1.82) is 0 Å². The van der Waals surface area contributed by atoms with Crippen LogP contribution in [0.15, 0.2) is 43.2 Å². The van der Waals surface area contributed by atoms with Gasteiger partial charge in [0.05, 0.1) is 0 Å². The topological polar surface area (TPSA) is 64.2 Å². The second kappa shape index (κ2) is 6.49. The third-order valence-corrected chi connectivity index (χ3v) is 1.12. The highest BCUT2D eigenvalue weighted by molar-refractivity contribution is 7.49. The first kappa shape index (κ1) is 13.0. The summed E-state index contributed by atoms with van der Waals surface area (Å²) in [5, 5.41) is 0. The Labute approximate surface area is 83.7 Å². The van der Waals surface area contributed by atoms with Gasteiger partial charge in [-0.2, -0.15) is 0 Å². The zero-order valence-electron chi connectivity index (χ0n) is 8.04. The van der Waals surface area contributed by atoms with Gasteiger partial charge >= 0.3 is 0 Å². The number of nitrogens with zero attached hydrogens (tertiary/aromatic N) is 1. The smallest absolute Gasteiger partial charge is 0.169 e. The van der Waals surface area contributed by atoms with Gasteiger partial charge in [-0.1, -0.05) is 12.6 Å². The number of pyridine rings is 1. The Balaban J connectivity index is 0.000000292. The standard InChI is InChI=1S/C8H10N.CH5O3P/c1-2-6-9-7-4-3-5-8-9;1-5(2,3)4/h2-5,7-8H,1,6H2;1H3,(H2,2,3,4)/q+1;/p-1. The van der Waals surface area contributed by atoms with Gasteiger partial charge in [0, 0.05) is 18.8 Å². The summed E-state index contributed by atoms with van der Waals surface area (Å²) in [4.78, 5) is 16.7. The summed E-state index contributed by atoms with van der Waals surface area (Å²) < 4.78 is 11.3. The second-order valence-electron chi connectivity index (χ2n) is 2.66. The van der Waals surface area contributed by atoms with E-state index in [1.165, 1.54) is 0 Å². The van der Waals surface area contributed by atoms with Crippen molar-refractivity contribution in [2.45, 2.75) is 6.54 Å². The molecule has 0 saturated heterocycles. The third kappa shape index (κ3) is 11.0. The average Bonchev–Trinajstić information content (AvgIpc) is 2.03. The van der Waals surface area contributed by atoms with Crippen LogP contribution in [-0.4, -0.2) is 11.6 Å². The molecule has 0 aliphatic rings. The molecule has 0 spiro atoms. The highest BCUT2D eigenvalue weighted by Gasteiger charge is 1.88. The molecule has 4 nitrogen and oxygen atoms in total. The minimum absolute atomic E-state index is 0.743. The van der Waals surface area contributed by atoms with E-state index in [4.69, 9.17) is 4.89 Å². The van der Waals surface area contributed by atoms with Crippen LogP contribution in [0.1, 0.15) is 0 Å². The number of hydrogen-bond acceptors (Lipinski definition) is 2. The summed E-state index contributed by atoms with van der Waals surface area (Å²) in [5.41, 5.74) is 0. The molecule has 1 rings (SSSR count). The predicted molar refractivity (Wildman–Crippen MR) is 52.6 cm³/mol. The Bertz CT molecular complexity index is 299. The SMILES string of the molecule is C=CC[n+]1ccccc1.CP(=O)([O-])O. The van der Waals surface area contributed by atoms with Gasteiger partial charge in [0.1, 0.15) is 7.60 Å². The molecule has 5 heteroatoms. The van der Waals surface area contributed by atoms with Crippen molar-refractivity contribution in [3.63, 3.8) is 0 Å². The van der Waals surface area contributed by atoms with Crippen molar-refractivity contribution >= 4 is 7.60 Å². The molecule has 1 N–H and O–H groups in total. The Hall–Kier alpha value is -0.960. The highest BCUT2D eigenvalue weighted by Crippen LogP contribution is 2.19. The van der Waals surface area contributed by atoms with Crippen molar-refractivity contribution in [2.75, 3.05) is 6.66 Å². The van der Waals surface area contributed by atoms with Crippen LogP contribution in [0.3, 0.4) is 0 Å². The van der Waals surface area contributed by atoms with Crippen molar-refractivity contribution in [1.82, 2.24) is 0 Å². The maximum Gasteiger partial charge on any atom is 0.169 e. The van der Waals surface area contributed by atoms with Gasteiger partial charge in [-0.25, -0.2) is 4.57 Å². The van der Waals surface area contributed by atoms with Crippen LogP contribution in [0.25, 0.3) is 0 Å². The quantitative estimate of drug-likeness (QED) is 0.439. The molecule has 1 aromatic rings. The Morgan fingerprint density at radius 3 is 2.29 bits per heavy atom. The minimum Gasteiger partial charge on any atom is -0.779 e. The first-order valence-corrected chi connectivity index (χ1v) is 6.02. The first-order valence-electron chi connectivity index (χ1n) is 3.99. The maximum absolute atomic E-state index is 9.22. The molecule has 0 aliphatic heterocycles. The summed E-state index contributed by atoms with van der Waals surface area (Å²) in [6.45, 7) is 5.27. The lowest BCUT2D eigenvalue weighted by Crippen LogP contribution is -2.30. The minimum atomic E-state index is -3.89. The molecule has 1 unspecified atom stereocenters. The first-order chi connectivity index (χ1) is 6.43. The molecule has 0 aromatic carbocycles. The molecule has 78 valence electrons. The van der Waals surface area contributed by atoms with Crippen molar-refractivity contribution in [3.05, 3.63) is 43.2 Å². The fraction of sp³-hybridized carbons (Fsp3) is 0.222. The molecular formula is C9H14NO3P. The van der Waals surface area contributed by atoms with Gasteiger partial charge in [-0.3, -0.25) is 0 Å². The van der Waals surface area contributed by atoms with E-state index in [-0.39, 0.29) is 0 Å². The molecule has 0 radical (unpaired) electrons. The molecule has 0 saturated carbocycles.